The van der Waals surface area contributed by atoms with Crippen molar-refractivity contribution in [2.45, 2.75) is 78.4 Å². The number of ether oxygens (including phenoxy) is 3. The maximum atomic E-state index is 11.8. The highest BCUT2D eigenvalue weighted by molar-refractivity contribution is 6.76. The predicted molar refractivity (Wildman–Crippen MR) is 111 cm³/mol. The van der Waals surface area contributed by atoms with Crippen molar-refractivity contribution >= 4 is 20.1 Å². The minimum atomic E-state index is -1.18. The fraction of sp³-hybridized carbons (Fsp3) is 0.737. The first-order valence-corrected chi connectivity index (χ1v) is 13.4. The van der Waals surface area contributed by atoms with Gasteiger partial charge in [-0.2, -0.15) is 0 Å². The van der Waals surface area contributed by atoms with Crippen LogP contribution in [-0.4, -0.2) is 53.5 Å². The van der Waals surface area contributed by atoms with Gasteiger partial charge < -0.3 is 29.2 Å². The summed E-state index contributed by atoms with van der Waals surface area (Å²) in [5, 5.41) is 12.3. The molecule has 1 atom stereocenters. The van der Waals surface area contributed by atoms with Crippen LogP contribution < -0.4 is 5.32 Å². The molecule has 9 nitrogen and oxygen atoms in total. The number of aliphatic hydroxyl groups excluding tert-OH is 1. The van der Waals surface area contributed by atoms with Gasteiger partial charge in [-0.25, -0.2) is 9.78 Å². The first-order valence-electron chi connectivity index (χ1n) is 9.71. The van der Waals surface area contributed by atoms with E-state index in [-0.39, 0.29) is 19.9 Å². The summed E-state index contributed by atoms with van der Waals surface area (Å²) in [5.74, 6) is -0.175. The zero-order valence-electron chi connectivity index (χ0n) is 18.6. The van der Waals surface area contributed by atoms with Gasteiger partial charge in [-0.05, 0) is 33.7 Å². The largest absolute Gasteiger partial charge is 0.458 e. The van der Waals surface area contributed by atoms with Gasteiger partial charge in [0, 0.05) is 20.9 Å². The number of aliphatic hydroxyl groups is 1. The number of hydrogen-bond acceptors (Lipinski definition) is 7. The molecule has 1 rings (SSSR count). The molecule has 0 fully saturated rings. The van der Waals surface area contributed by atoms with Crippen molar-refractivity contribution < 1.29 is 28.9 Å². The van der Waals surface area contributed by atoms with E-state index in [4.69, 9.17) is 14.2 Å². The molecule has 0 aromatic carbocycles. The third-order valence-corrected chi connectivity index (χ3v) is 5.32. The highest BCUT2D eigenvalue weighted by atomic mass is 28.3. The fourth-order valence-corrected chi connectivity index (χ4v) is 2.95. The lowest BCUT2D eigenvalue weighted by atomic mass is 10.2. The van der Waals surface area contributed by atoms with Crippen molar-refractivity contribution in [2.24, 2.45) is 0 Å². The number of imidazole rings is 1. The Bertz CT molecular complexity index is 676. The van der Waals surface area contributed by atoms with Crippen LogP contribution in [-0.2, 0) is 32.3 Å². The van der Waals surface area contributed by atoms with Crippen LogP contribution in [0.5, 0.6) is 0 Å². The van der Waals surface area contributed by atoms with Gasteiger partial charge >= 0.3 is 12.1 Å². The molecular weight excluding hydrogens is 394 g/mol. The van der Waals surface area contributed by atoms with Crippen molar-refractivity contribution in [3.8, 4) is 0 Å². The molecule has 2 N–H and O–H groups in total. The second kappa shape index (κ2) is 10.7. The zero-order valence-corrected chi connectivity index (χ0v) is 19.6. The monoisotopic (exact) mass is 429 g/mol. The predicted octanol–water partition coefficient (Wildman–Crippen LogP) is 2.82. The van der Waals surface area contributed by atoms with Crippen LogP contribution in [0.25, 0.3) is 0 Å². The summed E-state index contributed by atoms with van der Waals surface area (Å²) in [6.07, 6.45) is 0.213. The normalized spacial score (nSPS) is 13.1. The molecule has 10 heteroatoms. The van der Waals surface area contributed by atoms with E-state index in [9.17, 15) is 14.7 Å². The van der Waals surface area contributed by atoms with Gasteiger partial charge in [0.25, 0.3) is 0 Å². The maximum Gasteiger partial charge on any atom is 0.408 e. The molecule has 1 amide bonds. The number of carbonyl (C=O) groups is 2. The van der Waals surface area contributed by atoms with E-state index in [0.717, 1.165) is 6.04 Å². The Morgan fingerprint density at radius 3 is 2.52 bits per heavy atom. The number of aromatic nitrogens is 2. The van der Waals surface area contributed by atoms with Crippen molar-refractivity contribution in [3.05, 3.63) is 17.7 Å². The summed E-state index contributed by atoms with van der Waals surface area (Å²) in [6.45, 7) is 14.2. The van der Waals surface area contributed by atoms with Crippen LogP contribution in [0, 0.1) is 0 Å². The number of alkyl carbamates (subject to hydrolysis) is 1. The maximum absolute atomic E-state index is 11.8. The summed E-state index contributed by atoms with van der Waals surface area (Å²) < 4.78 is 17.6. The van der Waals surface area contributed by atoms with Crippen LogP contribution in [0.15, 0.2) is 6.20 Å². The molecule has 1 aromatic rings. The number of hydrogen-bond donors (Lipinski definition) is 2. The molecule has 1 heterocycles. The molecule has 0 aliphatic carbocycles. The summed E-state index contributed by atoms with van der Waals surface area (Å²) in [5.41, 5.74) is -0.157. The first kappa shape index (κ1) is 25.1. The number of amides is 1. The number of carbonyl (C=O) groups excluding carboxylic acids is 2. The number of nitrogens with one attached hydrogen (secondary N) is 1. The minimum Gasteiger partial charge on any atom is -0.458 e. The Morgan fingerprint density at radius 2 is 1.97 bits per heavy atom. The van der Waals surface area contributed by atoms with Crippen molar-refractivity contribution in [1.29, 1.82) is 0 Å². The topological polar surface area (TPSA) is 112 Å². The molecule has 0 aliphatic heterocycles. The molecule has 0 spiro atoms. The lowest BCUT2D eigenvalue weighted by Gasteiger charge is -2.19. The number of rotatable bonds is 10. The smallest absolute Gasteiger partial charge is 0.408 e. The van der Waals surface area contributed by atoms with Gasteiger partial charge in [-0.15, -0.1) is 0 Å². The second-order valence-electron chi connectivity index (χ2n) is 9.10. The third kappa shape index (κ3) is 11.0. The van der Waals surface area contributed by atoms with E-state index in [0.29, 0.717) is 18.1 Å². The quantitative estimate of drug-likeness (QED) is 0.334. The van der Waals surface area contributed by atoms with Gasteiger partial charge in [-0.3, -0.25) is 4.79 Å². The number of esters is 1. The lowest BCUT2D eigenvalue weighted by Crippen LogP contribution is -2.36. The van der Waals surface area contributed by atoms with Crippen LogP contribution in [0.1, 0.15) is 45.3 Å². The van der Waals surface area contributed by atoms with Crippen LogP contribution in [0.3, 0.4) is 0 Å². The molecule has 29 heavy (non-hydrogen) atoms. The van der Waals surface area contributed by atoms with E-state index in [1.807, 2.05) is 0 Å². The lowest BCUT2D eigenvalue weighted by molar-refractivity contribution is -0.143. The Morgan fingerprint density at radius 1 is 1.31 bits per heavy atom. The van der Waals surface area contributed by atoms with Gasteiger partial charge in [0.15, 0.2) is 0 Å². The van der Waals surface area contributed by atoms with E-state index in [2.05, 4.69) is 29.9 Å². The molecule has 166 valence electrons. The molecule has 0 bridgehead atoms. The highest BCUT2D eigenvalue weighted by Gasteiger charge is 2.18. The standard InChI is InChI=1S/C19H35N3O6Si/c1-14(23)17-21-15(11-22(17)13-26-8-9-29(5,6)7)12-27-16(24)10-20-18(25)28-19(2,3)4/h11,14,23H,8-10,12-13H2,1-7H3,(H,20,25). The average Bonchev–Trinajstić information content (AvgIpc) is 2.96. The van der Waals surface area contributed by atoms with Gasteiger partial charge in [0.2, 0.25) is 0 Å². The number of nitrogens with zero attached hydrogens (tertiary/aromatic N) is 2. The van der Waals surface area contributed by atoms with E-state index >= 15 is 0 Å². The molecule has 0 aliphatic rings. The van der Waals surface area contributed by atoms with Gasteiger partial charge in [0.05, 0.1) is 5.69 Å². The molecular formula is C19H35N3O6Si. The fourth-order valence-electron chi connectivity index (χ4n) is 2.20. The Balaban J connectivity index is 2.51. The molecule has 1 aromatic heterocycles. The first-order chi connectivity index (χ1) is 13.3. The zero-order chi connectivity index (χ0) is 22.2. The van der Waals surface area contributed by atoms with E-state index in [1.54, 1.807) is 38.5 Å². The third-order valence-electron chi connectivity index (χ3n) is 3.61. The Kier molecular flexibility index (Phi) is 9.31. The summed E-state index contributed by atoms with van der Waals surface area (Å²) >= 11 is 0. The van der Waals surface area contributed by atoms with Crippen molar-refractivity contribution in [3.63, 3.8) is 0 Å². The van der Waals surface area contributed by atoms with Crippen LogP contribution >= 0.6 is 0 Å². The minimum absolute atomic E-state index is 0.0730. The molecule has 1 unspecified atom stereocenters. The summed E-state index contributed by atoms with van der Waals surface area (Å²) in [4.78, 5) is 27.7. The molecule has 0 radical (unpaired) electrons. The van der Waals surface area contributed by atoms with Crippen molar-refractivity contribution in [1.82, 2.24) is 14.9 Å². The summed E-state index contributed by atoms with van der Waals surface area (Å²) in [7, 11) is -1.18. The second-order valence-corrected chi connectivity index (χ2v) is 14.7. The Hall–Kier alpha value is -1.91. The summed E-state index contributed by atoms with van der Waals surface area (Å²) in [6, 6.07) is 1.04. The Labute approximate surface area is 173 Å². The molecule has 0 saturated carbocycles. The van der Waals surface area contributed by atoms with Crippen LogP contribution in [0.2, 0.25) is 25.7 Å². The van der Waals surface area contributed by atoms with Crippen LogP contribution in [0.4, 0.5) is 4.79 Å². The van der Waals surface area contributed by atoms with Gasteiger partial charge in [-0.1, -0.05) is 19.6 Å². The van der Waals surface area contributed by atoms with Crippen molar-refractivity contribution in [2.75, 3.05) is 13.2 Å². The van der Waals surface area contributed by atoms with E-state index in [1.165, 1.54) is 0 Å². The van der Waals surface area contributed by atoms with Gasteiger partial charge in [0.1, 0.15) is 37.4 Å². The SMILES string of the molecule is CC(O)c1nc(COC(=O)CNC(=O)OC(C)(C)C)cn1COCC[Si](C)(C)C. The highest BCUT2D eigenvalue weighted by Crippen LogP contribution is 2.14. The average molecular weight is 430 g/mol. The molecule has 0 saturated heterocycles. The van der Waals surface area contributed by atoms with E-state index < -0.39 is 31.8 Å².